The number of hydrogen-bond acceptors (Lipinski definition) is 4. The molecule has 0 unspecified atom stereocenters. The molecule has 4 aromatic heterocycles. The maximum absolute atomic E-state index is 6.85. The van der Waals surface area contributed by atoms with Crippen molar-refractivity contribution in [3.8, 4) is 56.7 Å². The van der Waals surface area contributed by atoms with Gasteiger partial charge in [-0.25, -0.2) is 15.0 Å². The number of aromatic nitrogens is 5. The summed E-state index contributed by atoms with van der Waals surface area (Å²) in [6.45, 7) is 0. The second kappa shape index (κ2) is 14.0. The molecule has 4 heterocycles. The van der Waals surface area contributed by atoms with Gasteiger partial charge in [-0.15, -0.1) is 0 Å². The van der Waals surface area contributed by atoms with Gasteiger partial charge in [-0.2, -0.15) is 0 Å². The highest BCUT2D eigenvalue weighted by Gasteiger charge is 2.25. The zero-order chi connectivity index (χ0) is 41.4. The molecule has 13 rings (SSSR count). The van der Waals surface area contributed by atoms with Crippen molar-refractivity contribution in [3.05, 3.63) is 212 Å². The Balaban J connectivity index is 1.06. The molecule has 0 aliphatic heterocycles. The molecule has 9 aromatic carbocycles. The molecule has 0 fully saturated rings. The largest absolute Gasteiger partial charge is 0.455 e. The van der Waals surface area contributed by atoms with Crippen molar-refractivity contribution in [1.29, 1.82) is 0 Å². The molecule has 6 nitrogen and oxygen atoms in total. The molecule has 0 saturated carbocycles. The highest BCUT2D eigenvalue weighted by molar-refractivity contribution is 6.15. The second-order valence-electron chi connectivity index (χ2n) is 16.0. The van der Waals surface area contributed by atoms with Crippen LogP contribution in [0.4, 0.5) is 0 Å². The Bertz CT molecular complexity index is 3850. The van der Waals surface area contributed by atoms with E-state index >= 15 is 0 Å². The fourth-order valence-corrected chi connectivity index (χ4v) is 9.52. The van der Waals surface area contributed by atoms with Gasteiger partial charge in [0.15, 0.2) is 17.5 Å². The van der Waals surface area contributed by atoms with E-state index in [2.05, 4.69) is 149 Å². The van der Waals surface area contributed by atoms with Crippen LogP contribution >= 0.6 is 0 Å². The van der Waals surface area contributed by atoms with Gasteiger partial charge in [-0.1, -0.05) is 146 Å². The smallest absolute Gasteiger partial charge is 0.170 e. The summed E-state index contributed by atoms with van der Waals surface area (Å²) in [4.78, 5) is 15.6. The number of furan rings is 1. The summed E-state index contributed by atoms with van der Waals surface area (Å²) in [6.07, 6.45) is 0. The van der Waals surface area contributed by atoms with Crippen molar-refractivity contribution in [2.24, 2.45) is 0 Å². The lowest BCUT2D eigenvalue weighted by molar-refractivity contribution is 0.669. The van der Waals surface area contributed by atoms with Crippen LogP contribution in [0.5, 0.6) is 0 Å². The molecule has 0 saturated heterocycles. The normalized spacial score (nSPS) is 11.8. The standard InChI is InChI=1S/C57H35N5O/c1-4-16-36(17-5-1)55-58-56(37-18-6-2-7-19-37)60-57(59-55)53-51(33-30-44-43-24-12-15-27-52(43)63-54(44)53)62-48-26-14-11-23-42(48)46-35-39(29-32-50(46)62)38-28-31-49-45(34-38)41-22-10-13-25-47(41)61(49)40-20-8-3-9-21-40/h1-35H. The Morgan fingerprint density at radius 3 is 1.41 bits per heavy atom. The van der Waals surface area contributed by atoms with Gasteiger partial charge in [0.25, 0.3) is 0 Å². The maximum Gasteiger partial charge on any atom is 0.170 e. The van der Waals surface area contributed by atoms with Gasteiger partial charge in [0.05, 0.1) is 33.3 Å². The highest BCUT2D eigenvalue weighted by Crippen LogP contribution is 2.44. The van der Waals surface area contributed by atoms with Crippen molar-refractivity contribution in [2.75, 3.05) is 0 Å². The van der Waals surface area contributed by atoms with Crippen LogP contribution in [0, 0.1) is 0 Å². The zero-order valence-corrected chi connectivity index (χ0v) is 33.9. The van der Waals surface area contributed by atoms with Crippen LogP contribution in [-0.4, -0.2) is 24.1 Å². The summed E-state index contributed by atoms with van der Waals surface area (Å²) in [5.74, 6) is 1.72. The third-order valence-electron chi connectivity index (χ3n) is 12.4. The average Bonchev–Trinajstić information content (AvgIpc) is 4.01. The van der Waals surface area contributed by atoms with Gasteiger partial charge in [0, 0.05) is 49.1 Å². The van der Waals surface area contributed by atoms with Gasteiger partial charge in [0.2, 0.25) is 0 Å². The Hall–Kier alpha value is -8.61. The maximum atomic E-state index is 6.85. The Kier molecular flexibility index (Phi) is 7.80. The Labute approximate surface area is 361 Å². The predicted octanol–water partition coefficient (Wildman–Crippen LogP) is 14.6. The van der Waals surface area contributed by atoms with E-state index in [9.17, 15) is 0 Å². The lowest BCUT2D eigenvalue weighted by Crippen LogP contribution is -2.04. The molecular weight excluding hydrogens is 771 g/mol. The highest BCUT2D eigenvalue weighted by atomic mass is 16.3. The van der Waals surface area contributed by atoms with Crippen molar-refractivity contribution < 1.29 is 4.42 Å². The average molecular weight is 806 g/mol. The summed E-state index contributed by atoms with van der Waals surface area (Å²) >= 11 is 0. The molecule has 0 radical (unpaired) electrons. The summed E-state index contributed by atoms with van der Waals surface area (Å²) in [7, 11) is 0. The van der Waals surface area contributed by atoms with Gasteiger partial charge < -0.3 is 13.6 Å². The number of para-hydroxylation sites is 4. The number of rotatable bonds is 6. The lowest BCUT2D eigenvalue weighted by atomic mass is 10.0. The molecule has 0 aliphatic rings. The Morgan fingerprint density at radius 2 is 0.794 bits per heavy atom. The van der Waals surface area contributed by atoms with E-state index in [0.717, 1.165) is 82.9 Å². The predicted molar refractivity (Wildman–Crippen MR) is 258 cm³/mol. The van der Waals surface area contributed by atoms with Crippen LogP contribution < -0.4 is 0 Å². The SMILES string of the molecule is c1ccc(-c2nc(-c3ccccc3)nc(-c3c(-n4c5ccccc5c5cc(-c6ccc7c(c6)c6ccccc6n7-c6ccccc6)ccc54)ccc4c3oc3ccccc34)n2)cc1. The van der Waals surface area contributed by atoms with Crippen molar-refractivity contribution in [3.63, 3.8) is 0 Å². The summed E-state index contributed by atoms with van der Waals surface area (Å²) in [5.41, 5.74) is 13.0. The lowest BCUT2D eigenvalue weighted by Gasteiger charge is -2.15. The zero-order valence-electron chi connectivity index (χ0n) is 33.9. The molecule has 13 aromatic rings. The third-order valence-corrected chi connectivity index (χ3v) is 12.4. The van der Waals surface area contributed by atoms with Crippen LogP contribution in [0.25, 0.3) is 122 Å². The minimum absolute atomic E-state index is 0.535. The van der Waals surface area contributed by atoms with Gasteiger partial charge in [0.1, 0.15) is 11.2 Å². The fourth-order valence-electron chi connectivity index (χ4n) is 9.52. The van der Waals surface area contributed by atoms with E-state index in [4.69, 9.17) is 19.4 Å². The van der Waals surface area contributed by atoms with Gasteiger partial charge >= 0.3 is 0 Å². The minimum atomic E-state index is 0.535. The minimum Gasteiger partial charge on any atom is -0.455 e. The molecule has 0 atom stereocenters. The molecule has 0 bridgehead atoms. The molecule has 0 N–H and O–H groups in total. The van der Waals surface area contributed by atoms with Crippen molar-refractivity contribution in [2.45, 2.75) is 0 Å². The van der Waals surface area contributed by atoms with E-state index in [0.29, 0.717) is 17.5 Å². The molecule has 63 heavy (non-hydrogen) atoms. The van der Waals surface area contributed by atoms with Crippen LogP contribution in [0.1, 0.15) is 0 Å². The number of nitrogens with zero attached hydrogens (tertiary/aromatic N) is 5. The fraction of sp³-hybridized carbons (Fsp3) is 0. The van der Waals surface area contributed by atoms with Crippen molar-refractivity contribution in [1.82, 2.24) is 24.1 Å². The second-order valence-corrected chi connectivity index (χ2v) is 16.0. The molecular formula is C57H35N5O. The van der Waals surface area contributed by atoms with E-state index in [-0.39, 0.29) is 0 Å². The number of hydrogen-bond donors (Lipinski definition) is 0. The summed E-state index contributed by atoms with van der Waals surface area (Å²) in [5, 5.41) is 6.79. The van der Waals surface area contributed by atoms with Crippen LogP contribution in [0.2, 0.25) is 0 Å². The van der Waals surface area contributed by atoms with Crippen LogP contribution in [-0.2, 0) is 0 Å². The van der Waals surface area contributed by atoms with E-state index in [1.54, 1.807) is 0 Å². The Morgan fingerprint density at radius 1 is 0.317 bits per heavy atom. The van der Waals surface area contributed by atoms with Crippen molar-refractivity contribution >= 4 is 65.6 Å². The van der Waals surface area contributed by atoms with E-state index < -0.39 is 0 Å². The van der Waals surface area contributed by atoms with Crippen LogP contribution in [0.15, 0.2) is 217 Å². The topological polar surface area (TPSA) is 61.7 Å². The number of fused-ring (bicyclic) bond motifs is 9. The third kappa shape index (κ3) is 5.55. The first-order valence-corrected chi connectivity index (χ1v) is 21.2. The first-order valence-electron chi connectivity index (χ1n) is 21.2. The van der Waals surface area contributed by atoms with Crippen LogP contribution in [0.3, 0.4) is 0 Å². The van der Waals surface area contributed by atoms with Gasteiger partial charge in [-0.3, -0.25) is 0 Å². The quantitative estimate of drug-likeness (QED) is 0.168. The van der Waals surface area contributed by atoms with E-state index in [1.165, 1.54) is 21.8 Å². The first kappa shape index (κ1) is 35.2. The molecule has 0 spiro atoms. The first-order chi connectivity index (χ1) is 31.2. The molecule has 294 valence electrons. The van der Waals surface area contributed by atoms with E-state index in [1.807, 2.05) is 72.8 Å². The summed E-state index contributed by atoms with van der Waals surface area (Å²) in [6, 6.07) is 74.5. The molecule has 0 amide bonds. The van der Waals surface area contributed by atoms with Gasteiger partial charge in [-0.05, 0) is 77.9 Å². The monoisotopic (exact) mass is 805 g/mol. The molecule has 0 aliphatic carbocycles. The molecule has 6 heteroatoms. The number of benzene rings is 9. The summed E-state index contributed by atoms with van der Waals surface area (Å²) < 4.78 is 11.6.